The molecule has 7 nitrogen and oxygen atoms in total. The number of hydrogen-bond donors (Lipinski definition) is 1. The molecule has 1 N–H and O–H groups in total. The quantitative estimate of drug-likeness (QED) is 0.325. The summed E-state index contributed by atoms with van der Waals surface area (Å²) in [7, 11) is 0. The van der Waals surface area contributed by atoms with Crippen LogP contribution in [0.2, 0.25) is 0 Å². The van der Waals surface area contributed by atoms with Crippen molar-refractivity contribution in [2.75, 3.05) is 18.0 Å². The van der Waals surface area contributed by atoms with Crippen molar-refractivity contribution in [1.82, 2.24) is 9.97 Å². The zero-order chi connectivity index (χ0) is 27.2. The molecule has 5 rings (SSSR count). The topological polar surface area (TPSA) is 100 Å². The highest BCUT2D eigenvalue weighted by Crippen LogP contribution is 2.21. The Kier molecular flexibility index (Phi) is 7.99. The van der Waals surface area contributed by atoms with Crippen molar-refractivity contribution >= 4 is 23.0 Å². The Balaban J connectivity index is 1.17. The van der Waals surface area contributed by atoms with Gasteiger partial charge in [-0.05, 0) is 48.2 Å². The minimum absolute atomic E-state index is 0.0156. The summed E-state index contributed by atoms with van der Waals surface area (Å²) in [6, 6.07) is 21.7. The van der Waals surface area contributed by atoms with Crippen LogP contribution in [0.4, 0.5) is 5.69 Å². The molecule has 1 aliphatic heterocycles. The van der Waals surface area contributed by atoms with Crippen molar-refractivity contribution in [3.63, 3.8) is 0 Å². The number of piperidine rings is 1. The van der Waals surface area contributed by atoms with Crippen molar-refractivity contribution in [3.05, 3.63) is 125 Å². The van der Waals surface area contributed by atoms with E-state index in [0.29, 0.717) is 22.3 Å². The molecule has 0 saturated carbocycles. The van der Waals surface area contributed by atoms with E-state index in [2.05, 4.69) is 14.9 Å². The average molecular weight is 520 g/mol. The number of benzene rings is 3. The second-order valence-electron chi connectivity index (χ2n) is 9.82. The molecule has 0 bridgehead atoms. The maximum absolute atomic E-state index is 13.0. The summed E-state index contributed by atoms with van der Waals surface area (Å²) in [4.78, 5) is 48.1. The van der Waals surface area contributed by atoms with Crippen molar-refractivity contribution in [1.29, 1.82) is 0 Å². The van der Waals surface area contributed by atoms with Gasteiger partial charge in [0.25, 0.3) is 0 Å². The maximum atomic E-state index is 13.0. The molecule has 0 unspecified atom stereocenters. The lowest BCUT2D eigenvalue weighted by Crippen LogP contribution is -2.35. The third-order valence-electron chi connectivity index (χ3n) is 7.06. The number of Topliss-reactive ketones (excluding diaryl/α,β-unsaturated/α-hetero) is 2. The van der Waals surface area contributed by atoms with Gasteiger partial charge < -0.3 is 10.0 Å². The Morgan fingerprint density at radius 1 is 0.667 bits per heavy atom. The third-order valence-corrected chi connectivity index (χ3v) is 7.06. The standard InChI is InChI=1S/C32H29N3O4/c36-29-13-15-35(16-14-29)28-11-9-24(10-12-28)30(37)17-22-1-5-25(6-2-22)32(39)26-7-3-23(4-8-26)18-31(38)27-19-33-21-34-20-27/h1-12,19-21,29,36H,13-18H2. The minimum Gasteiger partial charge on any atom is -0.393 e. The number of carbonyl (C=O) groups is 3. The van der Waals surface area contributed by atoms with E-state index in [1.54, 1.807) is 36.4 Å². The monoisotopic (exact) mass is 519 g/mol. The number of carbonyl (C=O) groups excluding carboxylic acids is 3. The van der Waals surface area contributed by atoms with Gasteiger partial charge in [0, 0.05) is 60.7 Å². The molecule has 196 valence electrons. The van der Waals surface area contributed by atoms with Gasteiger partial charge in [-0.1, -0.05) is 48.5 Å². The first-order chi connectivity index (χ1) is 19.0. The number of hydrogen-bond acceptors (Lipinski definition) is 7. The molecule has 0 radical (unpaired) electrons. The van der Waals surface area contributed by atoms with Crippen LogP contribution in [-0.2, 0) is 12.8 Å². The molecule has 0 aliphatic carbocycles. The second kappa shape index (κ2) is 11.9. The summed E-state index contributed by atoms with van der Waals surface area (Å²) in [5, 5.41) is 9.70. The fourth-order valence-electron chi connectivity index (χ4n) is 4.71. The summed E-state index contributed by atoms with van der Waals surface area (Å²) in [6.45, 7) is 1.63. The number of aromatic nitrogens is 2. The van der Waals surface area contributed by atoms with Crippen molar-refractivity contribution < 1.29 is 19.5 Å². The zero-order valence-corrected chi connectivity index (χ0v) is 21.5. The first-order valence-corrected chi connectivity index (χ1v) is 13.0. The van der Waals surface area contributed by atoms with Gasteiger partial charge >= 0.3 is 0 Å². The van der Waals surface area contributed by atoms with Gasteiger partial charge in [-0.2, -0.15) is 0 Å². The molecule has 0 atom stereocenters. The maximum Gasteiger partial charge on any atom is 0.193 e. The molecule has 1 saturated heterocycles. The lowest BCUT2D eigenvalue weighted by atomic mass is 9.97. The Morgan fingerprint density at radius 2 is 1.13 bits per heavy atom. The lowest BCUT2D eigenvalue weighted by molar-refractivity contribution is 0.0984. The predicted octanol–water partition coefficient (Wildman–Crippen LogP) is 4.52. The number of aliphatic hydroxyl groups excluding tert-OH is 1. The number of rotatable bonds is 9. The largest absolute Gasteiger partial charge is 0.393 e. The molecule has 7 heteroatoms. The molecule has 1 aromatic heterocycles. The molecule has 0 spiro atoms. The summed E-state index contributed by atoms with van der Waals surface area (Å²) in [5.41, 5.74) is 4.86. The van der Waals surface area contributed by atoms with Gasteiger partial charge in [-0.25, -0.2) is 9.97 Å². The average Bonchev–Trinajstić information content (AvgIpc) is 2.98. The highest BCUT2D eigenvalue weighted by atomic mass is 16.3. The van der Waals surface area contributed by atoms with E-state index < -0.39 is 0 Å². The molecule has 3 aromatic carbocycles. The van der Waals surface area contributed by atoms with Crippen LogP contribution >= 0.6 is 0 Å². The van der Waals surface area contributed by atoms with Gasteiger partial charge in [-0.15, -0.1) is 0 Å². The van der Waals surface area contributed by atoms with Gasteiger partial charge in [0.2, 0.25) is 0 Å². The number of aliphatic hydroxyl groups is 1. The number of anilines is 1. The third kappa shape index (κ3) is 6.51. The van der Waals surface area contributed by atoms with Gasteiger partial charge in [-0.3, -0.25) is 14.4 Å². The van der Waals surface area contributed by atoms with Crippen LogP contribution in [0.5, 0.6) is 0 Å². The van der Waals surface area contributed by atoms with Crippen molar-refractivity contribution in [3.8, 4) is 0 Å². The SMILES string of the molecule is O=C(Cc1ccc(C(=O)c2ccc(CC(=O)c3cncnc3)cc2)cc1)c1ccc(N2CCC(O)CC2)cc1. The molecule has 0 amide bonds. The van der Waals surface area contributed by atoms with Crippen LogP contribution < -0.4 is 4.90 Å². The lowest BCUT2D eigenvalue weighted by Gasteiger charge is -2.31. The molecular weight excluding hydrogens is 490 g/mol. The smallest absolute Gasteiger partial charge is 0.193 e. The highest BCUT2D eigenvalue weighted by molar-refractivity contribution is 6.09. The normalized spacial score (nSPS) is 13.7. The van der Waals surface area contributed by atoms with Crippen LogP contribution in [0.15, 0.2) is 91.5 Å². The van der Waals surface area contributed by atoms with E-state index in [1.807, 2.05) is 36.4 Å². The Labute approximate surface area is 227 Å². The number of nitrogens with zero attached hydrogens (tertiary/aromatic N) is 3. The minimum atomic E-state index is -0.220. The van der Waals surface area contributed by atoms with Crippen LogP contribution in [0.3, 0.4) is 0 Å². The van der Waals surface area contributed by atoms with E-state index in [9.17, 15) is 19.5 Å². The summed E-state index contributed by atoms with van der Waals surface area (Å²) in [6.07, 6.45) is 6.11. The molecule has 39 heavy (non-hydrogen) atoms. The molecular formula is C32H29N3O4. The fourth-order valence-corrected chi connectivity index (χ4v) is 4.71. The van der Waals surface area contributed by atoms with Crippen LogP contribution in [-0.4, -0.2) is 51.6 Å². The van der Waals surface area contributed by atoms with Crippen LogP contribution in [0.25, 0.3) is 0 Å². The van der Waals surface area contributed by atoms with E-state index in [-0.39, 0.29) is 36.3 Å². The first kappa shape index (κ1) is 26.1. The molecule has 2 heterocycles. The van der Waals surface area contributed by atoms with Gasteiger partial charge in [0.15, 0.2) is 17.3 Å². The summed E-state index contributed by atoms with van der Waals surface area (Å²) in [5.74, 6) is -0.191. The Bertz CT molecular complexity index is 1440. The highest BCUT2D eigenvalue weighted by Gasteiger charge is 2.18. The summed E-state index contributed by atoms with van der Waals surface area (Å²) < 4.78 is 0. The Hall–Kier alpha value is -4.49. The summed E-state index contributed by atoms with van der Waals surface area (Å²) >= 11 is 0. The zero-order valence-electron chi connectivity index (χ0n) is 21.5. The van der Waals surface area contributed by atoms with E-state index in [0.717, 1.165) is 42.7 Å². The first-order valence-electron chi connectivity index (χ1n) is 13.0. The fraction of sp³-hybridized carbons (Fsp3) is 0.219. The van der Waals surface area contributed by atoms with E-state index >= 15 is 0 Å². The van der Waals surface area contributed by atoms with Gasteiger partial charge in [0.1, 0.15) is 6.33 Å². The molecule has 1 fully saturated rings. The van der Waals surface area contributed by atoms with E-state index in [1.165, 1.54) is 18.7 Å². The Morgan fingerprint density at radius 3 is 1.64 bits per heavy atom. The number of ketones is 3. The van der Waals surface area contributed by atoms with Crippen LogP contribution in [0, 0.1) is 0 Å². The van der Waals surface area contributed by atoms with Crippen molar-refractivity contribution in [2.45, 2.75) is 31.8 Å². The van der Waals surface area contributed by atoms with E-state index in [4.69, 9.17) is 0 Å². The molecule has 1 aliphatic rings. The predicted molar refractivity (Wildman–Crippen MR) is 148 cm³/mol. The van der Waals surface area contributed by atoms with Crippen LogP contribution in [0.1, 0.15) is 60.6 Å². The van der Waals surface area contributed by atoms with Gasteiger partial charge in [0.05, 0.1) is 11.7 Å². The second-order valence-corrected chi connectivity index (χ2v) is 9.82. The van der Waals surface area contributed by atoms with Crippen molar-refractivity contribution in [2.24, 2.45) is 0 Å². The molecule has 4 aromatic rings.